The van der Waals surface area contributed by atoms with Gasteiger partial charge in [0.15, 0.2) is 0 Å². The normalized spacial score (nSPS) is 13.8. The second-order valence-corrected chi connectivity index (χ2v) is 3.88. The van der Waals surface area contributed by atoms with Gasteiger partial charge < -0.3 is 9.64 Å². The first-order valence-electron chi connectivity index (χ1n) is 5.57. The summed E-state index contributed by atoms with van der Waals surface area (Å²) < 4.78 is 5.00. The van der Waals surface area contributed by atoms with Crippen molar-refractivity contribution < 1.29 is 9.53 Å². The molecule has 0 radical (unpaired) electrons. The summed E-state index contributed by atoms with van der Waals surface area (Å²) in [6, 6.07) is 9.45. The van der Waals surface area contributed by atoms with Gasteiger partial charge in [-0.3, -0.25) is 10.7 Å². The van der Waals surface area contributed by atoms with Crippen LogP contribution in [-0.4, -0.2) is 30.0 Å². The second kappa shape index (κ2) is 5.34. The molecular formula is C12H15N3O2. The Kier molecular flexibility index (Phi) is 3.59. The van der Waals surface area contributed by atoms with Crippen LogP contribution in [0.15, 0.2) is 30.3 Å². The lowest BCUT2D eigenvalue weighted by Gasteiger charge is -2.32. The number of guanidine groups is 1. The number of carbonyl (C=O) groups excluding carboxylic acids is 1. The molecule has 1 aliphatic heterocycles. The third kappa shape index (κ3) is 3.21. The summed E-state index contributed by atoms with van der Waals surface area (Å²) in [5, 5.41) is 9.97. The fourth-order valence-electron chi connectivity index (χ4n) is 1.47. The Bertz CT molecular complexity index is 401. The van der Waals surface area contributed by atoms with Crippen molar-refractivity contribution in [2.24, 2.45) is 0 Å². The minimum atomic E-state index is -0.578. The standard InChI is InChI=1S/C12H15N3O2/c13-11(15-7-4-8-15)14-12(16)17-9-10-5-2-1-3-6-10/h1-3,5-6H,4,7-9H2,(H2,13,14,16). The van der Waals surface area contributed by atoms with Gasteiger partial charge in [-0.1, -0.05) is 30.3 Å². The molecule has 1 fully saturated rings. The Morgan fingerprint density at radius 2 is 2.06 bits per heavy atom. The summed E-state index contributed by atoms with van der Waals surface area (Å²) in [4.78, 5) is 13.2. The van der Waals surface area contributed by atoms with Gasteiger partial charge in [0.05, 0.1) is 0 Å². The fourth-order valence-corrected chi connectivity index (χ4v) is 1.47. The lowest BCUT2D eigenvalue weighted by Crippen LogP contribution is -2.50. The van der Waals surface area contributed by atoms with E-state index in [9.17, 15) is 4.79 Å². The molecule has 0 unspecified atom stereocenters. The Balaban J connectivity index is 1.72. The first kappa shape index (κ1) is 11.4. The number of carbonyl (C=O) groups is 1. The van der Waals surface area contributed by atoms with Crippen LogP contribution in [0, 0.1) is 5.41 Å². The Hall–Kier alpha value is -2.04. The number of nitrogens with zero attached hydrogens (tertiary/aromatic N) is 1. The van der Waals surface area contributed by atoms with Crippen molar-refractivity contribution in [3.8, 4) is 0 Å². The molecule has 90 valence electrons. The number of likely N-dealkylation sites (tertiary alicyclic amines) is 1. The van der Waals surface area contributed by atoms with Crippen molar-refractivity contribution in [1.82, 2.24) is 10.2 Å². The molecule has 1 amide bonds. The van der Waals surface area contributed by atoms with E-state index in [0.717, 1.165) is 25.1 Å². The van der Waals surface area contributed by atoms with E-state index in [-0.39, 0.29) is 12.6 Å². The molecule has 2 N–H and O–H groups in total. The maximum absolute atomic E-state index is 11.4. The molecule has 2 rings (SSSR count). The van der Waals surface area contributed by atoms with Gasteiger partial charge in [-0.15, -0.1) is 0 Å². The molecule has 0 spiro atoms. The molecule has 0 atom stereocenters. The van der Waals surface area contributed by atoms with Crippen LogP contribution in [0.4, 0.5) is 4.79 Å². The highest BCUT2D eigenvalue weighted by Crippen LogP contribution is 2.05. The third-order valence-corrected chi connectivity index (χ3v) is 2.61. The zero-order valence-electron chi connectivity index (χ0n) is 9.48. The van der Waals surface area contributed by atoms with Gasteiger partial charge in [0.2, 0.25) is 5.96 Å². The van der Waals surface area contributed by atoms with Crippen LogP contribution in [0.3, 0.4) is 0 Å². The van der Waals surface area contributed by atoms with Crippen molar-refractivity contribution in [3.63, 3.8) is 0 Å². The Morgan fingerprint density at radius 1 is 1.35 bits per heavy atom. The van der Waals surface area contributed by atoms with Gasteiger partial charge in [-0.05, 0) is 12.0 Å². The van der Waals surface area contributed by atoms with Crippen molar-refractivity contribution in [2.45, 2.75) is 13.0 Å². The molecule has 5 heteroatoms. The van der Waals surface area contributed by atoms with Crippen LogP contribution in [0.2, 0.25) is 0 Å². The number of rotatable bonds is 2. The summed E-state index contributed by atoms with van der Waals surface area (Å²) in [5.74, 6) is 0.120. The van der Waals surface area contributed by atoms with Crippen molar-refractivity contribution in [1.29, 1.82) is 5.41 Å². The number of amides is 1. The molecule has 1 heterocycles. The number of hydrogen-bond donors (Lipinski definition) is 2. The van der Waals surface area contributed by atoms with E-state index < -0.39 is 6.09 Å². The summed E-state index contributed by atoms with van der Waals surface area (Å²) >= 11 is 0. The van der Waals surface area contributed by atoms with Crippen molar-refractivity contribution >= 4 is 12.1 Å². The lowest BCUT2D eigenvalue weighted by atomic mass is 10.2. The molecule has 5 nitrogen and oxygen atoms in total. The van der Waals surface area contributed by atoms with Crippen LogP contribution in [0.1, 0.15) is 12.0 Å². The smallest absolute Gasteiger partial charge is 0.414 e. The second-order valence-electron chi connectivity index (χ2n) is 3.88. The minimum Gasteiger partial charge on any atom is -0.444 e. The molecule has 0 aromatic heterocycles. The summed E-state index contributed by atoms with van der Waals surface area (Å²) in [7, 11) is 0. The fraction of sp³-hybridized carbons (Fsp3) is 0.333. The molecule has 1 saturated heterocycles. The molecule has 0 saturated carbocycles. The van der Waals surface area contributed by atoms with Gasteiger partial charge in [0.25, 0.3) is 0 Å². The summed E-state index contributed by atoms with van der Waals surface area (Å²) in [6.07, 6.45) is 0.495. The van der Waals surface area contributed by atoms with E-state index >= 15 is 0 Å². The van der Waals surface area contributed by atoms with Crippen LogP contribution in [0.5, 0.6) is 0 Å². The summed E-state index contributed by atoms with van der Waals surface area (Å²) in [6.45, 7) is 1.88. The van der Waals surface area contributed by atoms with Gasteiger partial charge in [-0.2, -0.15) is 0 Å². The highest BCUT2D eigenvalue weighted by Gasteiger charge is 2.19. The molecule has 1 aliphatic rings. The predicted molar refractivity (Wildman–Crippen MR) is 63.7 cm³/mol. The zero-order valence-corrected chi connectivity index (χ0v) is 9.48. The quantitative estimate of drug-likeness (QED) is 0.601. The van der Waals surface area contributed by atoms with Crippen LogP contribution in [-0.2, 0) is 11.3 Å². The monoisotopic (exact) mass is 233 g/mol. The minimum absolute atomic E-state index is 0.120. The number of hydrogen-bond acceptors (Lipinski definition) is 3. The van der Waals surface area contributed by atoms with Gasteiger partial charge >= 0.3 is 6.09 Å². The maximum Gasteiger partial charge on any atom is 0.414 e. The van der Waals surface area contributed by atoms with E-state index in [1.807, 2.05) is 30.3 Å². The zero-order chi connectivity index (χ0) is 12.1. The molecule has 1 aromatic rings. The maximum atomic E-state index is 11.4. The average molecular weight is 233 g/mol. The van der Waals surface area contributed by atoms with Crippen LogP contribution in [0.25, 0.3) is 0 Å². The number of alkyl carbamates (subject to hydrolysis) is 1. The van der Waals surface area contributed by atoms with E-state index in [4.69, 9.17) is 10.1 Å². The topological polar surface area (TPSA) is 65.4 Å². The third-order valence-electron chi connectivity index (χ3n) is 2.61. The first-order valence-corrected chi connectivity index (χ1v) is 5.57. The largest absolute Gasteiger partial charge is 0.444 e. The van der Waals surface area contributed by atoms with Crippen LogP contribution >= 0.6 is 0 Å². The molecule has 0 bridgehead atoms. The van der Waals surface area contributed by atoms with E-state index in [2.05, 4.69) is 5.32 Å². The van der Waals surface area contributed by atoms with Gasteiger partial charge in [-0.25, -0.2) is 4.79 Å². The summed E-state index contributed by atoms with van der Waals surface area (Å²) in [5.41, 5.74) is 0.929. The highest BCUT2D eigenvalue weighted by molar-refractivity contribution is 5.92. The number of nitrogens with one attached hydrogen (secondary N) is 2. The number of benzene rings is 1. The van der Waals surface area contributed by atoms with E-state index in [1.165, 1.54) is 0 Å². The SMILES string of the molecule is N=C(NC(=O)OCc1ccccc1)N1CCC1. The molecule has 0 aliphatic carbocycles. The average Bonchev–Trinajstić information content (AvgIpc) is 2.25. The molecule has 17 heavy (non-hydrogen) atoms. The Labute approximate surface area is 99.9 Å². The van der Waals surface area contributed by atoms with E-state index in [0.29, 0.717) is 0 Å². The van der Waals surface area contributed by atoms with Gasteiger partial charge in [0, 0.05) is 13.1 Å². The van der Waals surface area contributed by atoms with Crippen LogP contribution < -0.4 is 5.32 Å². The van der Waals surface area contributed by atoms with Gasteiger partial charge in [0.1, 0.15) is 6.61 Å². The first-order chi connectivity index (χ1) is 8.25. The Morgan fingerprint density at radius 3 is 2.65 bits per heavy atom. The predicted octanol–water partition coefficient (Wildman–Crippen LogP) is 1.55. The lowest BCUT2D eigenvalue weighted by molar-refractivity contribution is 0.142. The van der Waals surface area contributed by atoms with Crippen molar-refractivity contribution in [3.05, 3.63) is 35.9 Å². The molecular weight excluding hydrogens is 218 g/mol. The highest BCUT2D eigenvalue weighted by atomic mass is 16.5. The number of ether oxygens (including phenoxy) is 1. The van der Waals surface area contributed by atoms with E-state index in [1.54, 1.807) is 4.90 Å². The molecule has 1 aromatic carbocycles. The van der Waals surface area contributed by atoms with Crippen molar-refractivity contribution in [2.75, 3.05) is 13.1 Å².